The van der Waals surface area contributed by atoms with E-state index in [1.54, 1.807) is 11.3 Å². The van der Waals surface area contributed by atoms with E-state index in [2.05, 4.69) is 25.2 Å². The van der Waals surface area contributed by atoms with Crippen molar-refractivity contribution in [2.75, 3.05) is 20.1 Å². The third-order valence-electron chi connectivity index (χ3n) is 3.87. The normalized spacial score (nSPS) is 18.8. The standard InChI is InChI=1S/C15H24N2OS.ClH/c1-4-6-12-9-14(19-11(12)2)15(18)17-8-5-7-13(10-17)16-3;/h9,13,16H,4-8,10H2,1-3H3;1H. The third kappa shape index (κ3) is 3.96. The number of hydrogen-bond acceptors (Lipinski definition) is 3. The minimum absolute atomic E-state index is 0. The second-order valence-electron chi connectivity index (χ2n) is 5.32. The summed E-state index contributed by atoms with van der Waals surface area (Å²) in [7, 11) is 1.98. The highest BCUT2D eigenvalue weighted by Crippen LogP contribution is 2.25. The second kappa shape index (κ2) is 8.01. The minimum atomic E-state index is 0. The number of rotatable bonds is 4. The van der Waals surface area contributed by atoms with Crippen LogP contribution < -0.4 is 5.32 Å². The molecule has 1 aliphatic rings. The Balaban J connectivity index is 0.00000200. The van der Waals surface area contributed by atoms with Gasteiger partial charge in [-0.2, -0.15) is 0 Å². The number of carbonyl (C=O) groups is 1. The molecule has 1 saturated heterocycles. The molecule has 3 nitrogen and oxygen atoms in total. The maximum atomic E-state index is 12.5. The van der Waals surface area contributed by atoms with Gasteiger partial charge < -0.3 is 10.2 Å². The van der Waals surface area contributed by atoms with Crippen molar-refractivity contribution in [3.05, 3.63) is 21.4 Å². The molecule has 114 valence electrons. The van der Waals surface area contributed by atoms with Gasteiger partial charge in [-0.1, -0.05) is 13.3 Å². The van der Waals surface area contributed by atoms with E-state index in [1.165, 1.54) is 16.9 Å². The zero-order chi connectivity index (χ0) is 13.8. The second-order valence-corrected chi connectivity index (χ2v) is 6.58. The van der Waals surface area contributed by atoms with Crippen molar-refractivity contribution >= 4 is 29.7 Å². The predicted octanol–water partition coefficient (Wildman–Crippen LogP) is 3.25. The van der Waals surface area contributed by atoms with Crippen molar-refractivity contribution in [1.82, 2.24) is 10.2 Å². The number of likely N-dealkylation sites (tertiary alicyclic amines) is 1. The molecule has 0 aromatic carbocycles. The van der Waals surface area contributed by atoms with E-state index in [0.29, 0.717) is 6.04 Å². The van der Waals surface area contributed by atoms with Gasteiger partial charge in [-0.05, 0) is 44.9 Å². The monoisotopic (exact) mass is 316 g/mol. The number of halogens is 1. The zero-order valence-corrected chi connectivity index (χ0v) is 14.2. The highest BCUT2D eigenvalue weighted by atomic mass is 35.5. The van der Waals surface area contributed by atoms with Crippen LogP contribution in [0.5, 0.6) is 0 Å². The Kier molecular flexibility index (Phi) is 7.00. The summed E-state index contributed by atoms with van der Waals surface area (Å²) in [5.41, 5.74) is 1.35. The Morgan fingerprint density at radius 2 is 2.30 bits per heavy atom. The van der Waals surface area contributed by atoms with Crippen LogP contribution in [0.1, 0.15) is 46.3 Å². The van der Waals surface area contributed by atoms with Crippen LogP contribution in [0.3, 0.4) is 0 Å². The zero-order valence-electron chi connectivity index (χ0n) is 12.6. The van der Waals surface area contributed by atoms with E-state index in [-0.39, 0.29) is 18.3 Å². The molecule has 2 rings (SSSR count). The molecule has 0 spiro atoms. The van der Waals surface area contributed by atoms with Crippen LogP contribution in [0.4, 0.5) is 0 Å². The van der Waals surface area contributed by atoms with Gasteiger partial charge in [0.1, 0.15) is 0 Å². The third-order valence-corrected chi connectivity index (χ3v) is 4.95. The molecule has 1 aliphatic heterocycles. The smallest absolute Gasteiger partial charge is 0.263 e. The summed E-state index contributed by atoms with van der Waals surface area (Å²) in [5, 5.41) is 3.29. The molecule has 0 radical (unpaired) electrons. The average Bonchev–Trinajstić information content (AvgIpc) is 2.80. The molecule has 20 heavy (non-hydrogen) atoms. The highest BCUT2D eigenvalue weighted by Gasteiger charge is 2.24. The van der Waals surface area contributed by atoms with E-state index in [4.69, 9.17) is 0 Å². The number of nitrogens with zero attached hydrogens (tertiary/aromatic N) is 1. The van der Waals surface area contributed by atoms with Crippen molar-refractivity contribution in [3.8, 4) is 0 Å². The maximum Gasteiger partial charge on any atom is 0.263 e. The summed E-state index contributed by atoms with van der Waals surface area (Å²) in [6, 6.07) is 2.56. The molecule has 1 atom stereocenters. The van der Waals surface area contributed by atoms with Crippen molar-refractivity contribution in [2.24, 2.45) is 0 Å². The summed E-state index contributed by atoms with van der Waals surface area (Å²) in [4.78, 5) is 16.8. The first-order valence-corrected chi connectivity index (χ1v) is 8.03. The van der Waals surface area contributed by atoms with Crippen molar-refractivity contribution in [2.45, 2.75) is 45.6 Å². The Hall–Kier alpha value is -0.580. The largest absolute Gasteiger partial charge is 0.336 e. The van der Waals surface area contributed by atoms with Crippen LogP contribution in [-0.4, -0.2) is 37.0 Å². The Morgan fingerprint density at radius 3 is 2.95 bits per heavy atom. The molecule has 1 unspecified atom stereocenters. The van der Waals surface area contributed by atoms with E-state index in [9.17, 15) is 4.79 Å². The minimum Gasteiger partial charge on any atom is -0.336 e. The molecule has 1 N–H and O–H groups in total. The van der Waals surface area contributed by atoms with Crippen LogP contribution >= 0.6 is 23.7 Å². The first-order valence-electron chi connectivity index (χ1n) is 7.21. The summed E-state index contributed by atoms with van der Waals surface area (Å²) < 4.78 is 0. The molecule has 1 aromatic rings. The Morgan fingerprint density at radius 1 is 1.55 bits per heavy atom. The lowest BCUT2D eigenvalue weighted by Crippen LogP contribution is -2.46. The fraction of sp³-hybridized carbons (Fsp3) is 0.667. The van der Waals surface area contributed by atoms with Gasteiger partial charge in [-0.25, -0.2) is 0 Å². The molecular weight excluding hydrogens is 292 g/mol. The summed E-state index contributed by atoms with van der Waals surface area (Å²) in [6.45, 7) is 6.05. The van der Waals surface area contributed by atoms with Gasteiger partial charge >= 0.3 is 0 Å². The molecule has 5 heteroatoms. The molecule has 0 saturated carbocycles. The number of thiophene rings is 1. The number of aryl methyl sites for hydroxylation is 2. The Labute approximate surface area is 132 Å². The number of hydrogen-bond donors (Lipinski definition) is 1. The summed E-state index contributed by atoms with van der Waals surface area (Å²) in [6.07, 6.45) is 4.49. The summed E-state index contributed by atoms with van der Waals surface area (Å²) >= 11 is 1.65. The van der Waals surface area contributed by atoms with Crippen molar-refractivity contribution < 1.29 is 4.79 Å². The van der Waals surface area contributed by atoms with Crippen molar-refractivity contribution in [1.29, 1.82) is 0 Å². The highest BCUT2D eigenvalue weighted by molar-refractivity contribution is 7.14. The number of likely N-dealkylation sites (N-methyl/N-ethyl adjacent to an activating group) is 1. The van der Waals surface area contributed by atoms with Gasteiger partial charge in [0, 0.05) is 24.0 Å². The molecule has 0 bridgehead atoms. The molecule has 2 heterocycles. The van der Waals surface area contributed by atoms with Gasteiger partial charge in [0.15, 0.2) is 0 Å². The molecule has 1 fully saturated rings. The lowest BCUT2D eigenvalue weighted by Gasteiger charge is -2.32. The maximum absolute atomic E-state index is 12.5. The first kappa shape index (κ1) is 17.5. The SMILES string of the molecule is CCCc1cc(C(=O)N2CCCC(NC)C2)sc1C.Cl. The quantitative estimate of drug-likeness (QED) is 0.924. The number of carbonyl (C=O) groups excluding carboxylic acids is 1. The Bertz CT molecular complexity index is 447. The van der Waals surface area contributed by atoms with Gasteiger partial charge in [-0.15, -0.1) is 23.7 Å². The summed E-state index contributed by atoms with van der Waals surface area (Å²) in [5.74, 6) is 0.218. The van der Waals surface area contributed by atoms with E-state index in [1.807, 2.05) is 11.9 Å². The lowest BCUT2D eigenvalue weighted by molar-refractivity contribution is 0.0703. The number of nitrogens with one attached hydrogen (secondary N) is 1. The predicted molar refractivity (Wildman–Crippen MR) is 88.3 cm³/mol. The van der Waals surface area contributed by atoms with Crippen LogP contribution in [0, 0.1) is 6.92 Å². The van der Waals surface area contributed by atoms with Gasteiger partial charge in [0.05, 0.1) is 4.88 Å². The molecule has 1 amide bonds. The van der Waals surface area contributed by atoms with Gasteiger partial charge in [0.2, 0.25) is 0 Å². The van der Waals surface area contributed by atoms with E-state index >= 15 is 0 Å². The lowest BCUT2D eigenvalue weighted by atomic mass is 10.1. The topological polar surface area (TPSA) is 32.3 Å². The van der Waals surface area contributed by atoms with E-state index < -0.39 is 0 Å². The number of amides is 1. The fourth-order valence-corrected chi connectivity index (χ4v) is 3.74. The van der Waals surface area contributed by atoms with Crippen LogP contribution in [-0.2, 0) is 6.42 Å². The van der Waals surface area contributed by atoms with E-state index in [0.717, 1.165) is 37.2 Å². The van der Waals surface area contributed by atoms with Crippen LogP contribution in [0.15, 0.2) is 6.07 Å². The molecule has 1 aromatic heterocycles. The fourth-order valence-electron chi connectivity index (χ4n) is 2.70. The van der Waals surface area contributed by atoms with Crippen molar-refractivity contribution in [3.63, 3.8) is 0 Å². The average molecular weight is 317 g/mol. The first-order chi connectivity index (χ1) is 9.15. The number of piperidine rings is 1. The van der Waals surface area contributed by atoms with Gasteiger partial charge in [0.25, 0.3) is 5.91 Å². The van der Waals surface area contributed by atoms with Gasteiger partial charge in [-0.3, -0.25) is 4.79 Å². The molecular formula is C15H25ClN2OS. The molecule has 0 aliphatic carbocycles. The van der Waals surface area contributed by atoms with Crippen LogP contribution in [0.25, 0.3) is 0 Å². The van der Waals surface area contributed by atoms with Crippen LogP contribution in [0.2, 0.25) is 0 Å².